The third-order valence-electron chi connectivity index (χ3n) is 2.75. The molecule has 0 radical (unpaired) electrons. The Kier molecular flexibility index (Phi) is 4.10. The van der Waals surface area contributed by atoms with Gasteiger partial charge < -0.3 is 5.32 Å². The molecule has 2 heterocycles. The summed E-state index contributed by atoms with van der Waals surface area (Å²) in [7, 11) is 0. The minimum absolute atomic E-state index is 0.286. The monoisotopic (exact) mass is 335 g/mol. The average Bonchev–Trinajstić information content (AvgIpc) is 2.89. The lowest BCUT2D eigenvalue weighted by atomic mass is 10.2. The van der Waals surface area contributed by atoms with Crippen LogP contribution in [-0.2, 0) is 0 Å². The number of pyridine rings is 1. The molecule has 0 saturated carbocycles. The van der Waals surface area contributed by atoms with Gasteiger partial charge in [0.25, 0.3) is 5.91 Å². The summed E-state index contributed by atoms with van der Waals surface area (Å²) in [6, 6.07) is 10.6. The van der Waals surface area contributed by atoms with Crippen LogP contribution in [0.3, 0.4) is 0 Å². The maximum absolute atomic E-state index is 12.1. The molecule has 0 fully saturated rings. The molecular formula is C14H10ClN3OS2. The lowest BCUT2D eigenvalue weighted by Gasteiger charge is -2.04. The number of amides is 1. The molecule has 7 heteroatoms. The SMILES string of the molecule is CSc1nc2ccc(NC(=O)c3cccc(Cl)n3)cc2s1. The van der Waals surface area contributed by atoms with Gasteiger partial charge in [-0.25, -0.2) is 9.97 Å². The second kappa shape index (κ2) is 6.01. The zero-order chi connectivity index (χ0) is 14.8. The summed E-state index contributed by atoms with van der Waals surface area (Å²) >= 11 is 9.00. The molecular weight excluding hydrogens is 326 g/mol. The summed E-state index contributed by atoms with van der Waals surface area (Å²) in [4.78, 5) is 20.6. The quantitative estimate of drug-likeness (QED) is 0.572. The molecule has 3 rings (SSSR count). The van der Waals surface area contributed by atoms with Crippen molar-refractivity contribution < 1.29 is 4.79 Å². The first-order valence-electron chi connectivity index (χ1n) is 6.04. The van der Waals surface area contributed by atoms with Crippen molar-refractivity contribution in [3.63, 3.8) is 0 Å². The van der Waals surface area contributed by atoms with Crippen molar-refractivity contribution in [3.8, 4) is 0 Å². The molecule has 0 spiro atoms. The molecule has 0 aliphatic heterocycles. The summed E-state index contributed by atoms with van der Waals surface area (Å²) in [5.74, 6) is -0.286. The van der Waals surface area contributed by atoms with E-state index in [1.54, 1.807) is 41.3 Å². The smallest absolute Gasteiger partial charge is 0.274 e. The van der Waals surface area contributed by atoms with Crippen molar-refractivity contribution in [2.24, 2.45) is 0 Å². The fourth-order valence-electron chi connectivity index (χ4n) is 1.80. The van der Waals surface area contributed by atoms with Gasteiger partial charge in [0.1, 0.15) is 10.8 Å². The van der Waals surface area contributed by atoms with E-state index in [9.17, 15) is 4.79 Å². The Bertz CT molecular complexity index is 819. The topological polar surface area (TPSA) is 54.9 Å². The molecule has 0 aliphatic rings. The highest BCUT2D eigenvalue weighted by Gasteiger charge is 2.09. The molecule has 0 aliphatic carbocycles. The Labute approximate surface area is 134 Å². The molecule has 1 amide bonds. The van der Waals surface area contributed by atoms with E-state index in [0.29, 0.717) is 10.8 Å². The largest absolute Gasteiger partial charge is 0.321 e. The maximum atomic E-state index is 12.1. The number of carbonyl (C=O) groups is 1. The zero-order valence-corrected chi connectivity index (χ0v) is 13.4. The van der Waals surface area contributed by atoms with Crippen LogP contribution in [0.15, 0.2) is 40.7 Å². The Morgan fingerprint density at radius 1 is 1.29 bits per heavy atom. The van der Waals surface area contributed by atoms with Crippen molar-refractivity contribution in [3.05, 3.63) is 47.2 Å². The van der Waals surface area contributed by atoms with Crippen LogP contribution in [0.5, 0.6) is 0 Å². The number of halogens is 1. The van der Waals surface area contributed by atoms with Gasteiger partial charge in [0.05, 0.1) is 10.2 Å². The molecule has 4 nitrogen and oxygen atoms in total. The minimum atomic E-state index is -0.286. The van der Waals surface area contributed by atoms with Gasteiger partial charge >= 0.3 is 0 Å². The molecule has 106 valence electrons. The van der Waals surface area contributed by atoms with Crippen molar-refractivity contribution in [1.29, 1.82) is 0 Å². The van der Waals surface area contributed by atoms with Gasteiger partial charge in [-0.3, -0.25) is 4.79 Å². The number of rotatable bonds is 3. The van der Waals surface area contributed by atoms with E-state index >= 15 is 0 Å². The zero-order valence-electron chi connectivity index (χ0n) is 11.0. The van der Waals surface area contributed by atoms with Gasteiger partial charge in [-0.1, -0.05) is 29.4 Å². The van der Waals surface area contributed by atoms with E-state index in [1.807, 2.05) is 24.5 Å². The van der Waals surface area contributed by atoms with Gasteiger partial charge in [-0.2, -0.15) is 0 Å². The Balaban J connectivity index is 1.85. The highest BCUT2D eigenvalue weighted by atomic mass is 35.5. The van der Waals surface area contributed by atoms with E-state index < -0.39 is 0 Å². The number of benzene rings is 1. The van der Waals surface area contributed by atoms with Crippen LogP contribution in [0.4, 0.5) is 5.69 Å². The second-order valence-electron chi connectivity index (χ2n) is 4.17. The van der Waals surface area contributed by atoms with E-state index in [2.05, 4.69) is 15.3 Å². The van der Waals surface area contributed by atoms with Gasteiger partial charge in [0.2, 0.25) is 0 Å². The van der Waals surface area contributed by atoms with Crippen LogP contribution >= 0.6 is 34.7 Å². The van der Waals surface area contributed by atoms with E-state index in [0.717, 1.165) is 14.6 Å². The number of hydrogen-bond donors (Lipinski definition) is 1. The first-order chi connectivity index (χ1) is 10.2. The number of hydrogen-bond acceptors (Lipinski definition) is 5. The van der Waals surface area contributed by atoms with E-state index in [-0.39, 0.29) is 11.6 Å². The fraction of sp³-hybridized carbons (Fsp3) is 0.0714. The fourth-order valence-corrected chi connectivity index (χ4v) is 3.49. The van der Waals surface area contributed by atoms with Crippen LogP contribution in [0.25, 0.3) is 10.2 Å². The second-order valence-corrected chi connectivity index (χ2v) is 6.64. The minimum Gasteiger partial charge on any atom is -0.321 e. The summed E-state index contributed by atoms with van der Waals surface area (Å²) in [5.41, 5.74) is 1.94. The van der Waals surface area contributed by atoms with Crippen molar-refractivity contribution in [2.75, 3.05) is 11.6 Å². The third-order valence-corrected chi connectivity index (χ3v) is 4.96. The normalized spacial score (nSPS) is 10.8. The Morgan fingerprint density at radius 2 is 2.14 bits per heavy atom. The molecule has 3 aromatic rings. The number of aromatic nitrogens is 2. The van der Waals surface area contributed by atoms with Gasteiger partial charge in [-0.15, -0.1) is 11.3 Å². The third kappa shape index (κ3) is 3.18. The lowest BCUT2D eigenvalue weighted by Crippen LogP contribution is -2.13. The highest BCUT2D eigenvalue weighted by Crippen LogP contribution is 2.30. The Morgan fingerprint density at radius 3 is 2.90 bits per heavy atom. The predicted octanol–water partition coefficient (Wildman–Crippen LogP) is 4.32. The van der Waals surface area contributed by atoms with Crippen LogP contribution < -0.4 is 5.32 Å². The van der Waals surface area contributed by atoms with Gasteiger partial charge in [0.15, 0.2) is 4.34 Å². The first kappa shape index (κ1) is 14.3. The molecule has 0 bridgehead atoms. The average molecular weight is 336 g/mol. The summed E-state index contributed by atoms with van der Waals surface area (Å²) < 4.78 is 2.04. The summed E-state index contributed by atoms with van der Waals surface area (Å²) in [6.07, 6.45) is 1.99. The van der Waals surface area contributed by atoms with Gasteiger partial charge in [-0.05, 0) is 36.6 Å². The maximum Gasteiger partial charge on any atom is 0.274 e. The van der Waals surface area contributed by atoms with Crippen LogP contribution in [0.2, 0.25) is 5.15 Å². The Hall–Kier alpha value is -1.63. The predicted molar refractivity (Wildman–Crippen MR) is 88.6 cm³/mol. The van der Waals surface area contributed by atoms with Crippen molar-refractivity contribution >= 4 is 56.5 Å². The first-order valence-corrected chi connectivity index (χ1v) is 8.46. The summed E-state index contributed by atoms with van der Waals surface area (Å²) in [6.45, 7) is 0. The number of anilines is 1. The molecule has 0 unspecified atom stereocenters. The number of carbonyl (C=O) groups excluding carboxylic acids is 1. The van der Waals surface area contributed by atoms with Crippen LogP contribution in [0.1, 0.15) is 10.5 Å². The number of thiazole rings is 1. The number of fused-ring (bicyclic) bond motifs is 1. The van der Waals surface area contributed by atoms with Crippen LogP contribution in [-0.4, -0.2) is 22.1 Å². The van der Waals surface area contributed by atoms with Crippen LogP contribution in [0, 0.1) is 0 Å². The molecule has 1 N–H and O–H groups in total. The van der Waals surface area contributed by atoms with Crippen molar-refractivity contribution in [1.82, 2.24) is 9.97 Å². The standard InChI is InChI=1S/C14H10ClN3OS2/c1-20-14-18-9-6-5-8(7-11(9)21-14)16-13(19)10-3-2-4-12(15)17-10/h2-7H,1H3,(H,16,19). The highest BCUT2D eigenvalue weighted by molar-refractivity contribution is 8.00. The summed E-state index contributed by atoms with van der Waals surface area (Å²) in [5, 5.41) is 3.11. The van der Waals surface area contributed by atoms with Crippen molar-refractivity contribution in [2.45, 2.75) is 4.34 Å². The molecule has 2 aromatic heterocycles. The number of nitrogens with one attached hydrogen (secondary N) is 1. The molecule has 0 atom stereocenters. The lowest BCUT2D eigenvalue weighted by molar-refractivity contribution is 0.102. The number of thioether (sulfide) groups is 1. The molecule has 1 aromatic carbocycles. The molecule has 0 saturated heterocycles. The number of nitrogens with zero attached hydrogens (tertiary/aromatic N) is 2. The van der Waals surface area contributed by atoms with E-state index in [1.165, 1.54) is 0 Å². The molecule has 21 heavy (non-hydrogen) atoms. The van der Waals surface area contributed by atoms with E-state index in [4.69, 9.17) is 11.6 Å². The van der Waals surface area contributed by atoms with Gasteiger partial charge in [0, 0.05) is 5.69 Å².